The molecule has 26 heavy (non-hydrogen) atoms. The molecule has 0 aromatic heterocycles. The number of urea groups is 1. The van der Waals surface area contributed by atoms with Gasteiger partial charge in [-0.15, -0.1) is 0 Å². The van der Waals surface area contributed by atoms with Crippen LogP contribution in [0.25, 0.3) is 0 Å². The zero-order valence-corrected chi connectivity index (χ0v) is 14.8. The van der Waals surface area contributed by atoms with Gasteiger partial charge in [-0.1, -0.05) is 30.3 Å². The molecule has 0 spiro atoms. The van der Waals surface area contributed by atoms with Crippen molar-refractivity contribution in [1.29, 1.82) is 0 Å². The molecule has 2 N–H and O–H groups in total. The number of carbonyl (C=O) groups is 2. The van der Waals surface area contributed by atoms with E-state index in [9.17, 15) is 9.59 Å². The lowest BCUT2D eigenvalue weighted by Gasteiger charge is -2.23. The molecule has 136 valence electrons. The molecular formula is C20H23N3O3. The highest BCUT2D eigenvalue weighted by atomic mass is 16.5. The van der Waals surface area contributed by atoms with Crippen LogP contribution >= 0.6 is 0 Å². The lowest BCUT2D eigenvalue weighted by molar-refractivity contribution is -0.140. The second-order valence-corrected chi connectivity index (χ2v) is 6.24. The average Bonchev–Trinajstić information content (AvgIpc) is 3.03. The van der Waals surface area contributed by atoms with E-state index in [1.807, 2.05) is 54.6 Å². The lowest BCUT2D eigenvalue weighted by atomic mass is 10.1. The minimum atomic E-state index is -0.267. The van der Waals surface area contributed by atoms with Crippen molar-refractivity contribution in [2.45, 2.75) is 25.4 Å². The van der Waals surface area contributed by atoms with Crippen LogP contribution in [0.1, 0.15) is 18.4 Å². The van der Waals surface area contributed by atoms with Crippen LogP contribution < -0.4 is 15.5 Å². The zero-order chi connectivity index (χ0) is 18.5. The Morgan fingerprint density at radius 2 is 1.81 bits per heavy atom. The molecule has 0 saturated carbocycles. The maximum absolute atomic E-state index is 13.1. The number of carbonyl (C=O) groups excluding carboxylic acids is 2. The maximum atomic E-state index is 13.1. The van der Waals surface area contributed by atoms with Gasteiger partial charge in [0.25, 0.3) is 0 Å². The van der Waals surface area contributed by atoms with Crippen molar-refractivity contribution in [1.82, 2.24) is 0 Å². The molecule has 1 saturated heterocycles. The molecule has 2 amide bonds. The first kappa shape index (κ1) is 17.9. The molecule has 0 radical (unpaired) electrons. The lowest BCUT2D eigenvalue weighted by Crippen LogP contribution is -2.35. The smallest absolute Gasteiger partial charge is 0.329 e. The monoisotopic (exact) mass is 353 g/mol. The number of anilines is 2. The quantitative estimate of drug-likeness (QED) is 0.810. The van der Waals surface area contributed by atoms with E-state index in [0.29, 0.717) is 19.5 Å². The van der Waals surface area contributed by atoms with Crippen LogP contribution in [-0.4, -0.2) is 31.7 Å². The van der Waals surface area contributed by atoms with E-state index in [0.717, 1.165) is 16.9 Å². The summed E-state index contributed by atoms with van der Waals surface area (Å²) >= 11 is 0. The SMILES string of the molecule is COC(=O)CCC1CN(c2ccc(CN)cc2)C(=O)N1c1ccccc1. The summed E-state index contributed by atoms with van der Waals surface area (Å²) in [5.41, 5.74) is 8.32. The topological polar surface area (TPSA) is 75.9 Å². The van der Waals surface area contributed by atoms with Crippen molar-refractivity contribution in [3.05, 3.63) is 60.2 Å². The van der Waals surface area contributed by atoms with Gasteiger partial charge in [-0.05, 0) is 36.2 Å². The van der Waals surface area contributed by atoms with Crippen molar-refractivity contribution in [3.63, 3.8) is 0 Å². The number of benzene rings is 2. The summed E-state index contributed by atoms with van der Waals surface area (Å²) < 4.78 is 4.75. The minimum absolute atomic E-state index is 0.0911. The highest BCUT2D eigenvalue weighted by molar-refractivity contribution is 6.06. The number of nitrogens with zero attached hydrogens (tertiary/aromatic N) is 2. The molecule has 2 aromatic carbocycles. The Bertz CT molecular complexity index is 762. The van der Waals surface area contributed by atoms with Crippen molar-refractivity contribution < 1.29 is 14.3 Å². The molecule has 1 aliphatic heterocycles. The van der Waals surface area contributed by atoms with Crippen molar-refractivity contribution in [2.24, 2.45) is 5.73 Å². The van der Waals surface area contributed by atoms with Crippen LogP contribution in [-0.2, 0) is 16.1 Å². The molecule has 2 aromatic rings. The summed E-state index contributed by atoms with van der Waals surface area (Å²) in [5, 5.41) is 0. The highest BCUT2D eigenvalue weighted by Crippen LogP contribution is 2.30. The second-order valence-electron chi connectivity index (χ2n) is 6.24. The van der Waals surface area contributed by atoms with E-state index in [1.165, 1.54) is 7.11 Å². The molecule has 1 aliphatic rings. The second kappa shape index (κ2) is 8.01. The van der Waals surface area contributed by atoms with Crippen LogP contribution in [0, 0.1) is 0 Å². The predicted octanol–water partition coefficient (Wildman–Crippen LogP) is 2.91. The molecule has 1 fully saturated rings. The molecule has 3 rings (SSSR count). The first-order chi connectivity index (χ1) is 12.6. The summed E-state index contributed by atoms with van der Waals surface area (Å²) in [5.74, 6) is -0.267. The third-order valence-electron chi connectivity index (χ3n) is 4.62. The number of methoxy groups -OCH3 is 1. The van der Waals surface area contributed by atoms with E-state index in [2.05, 4.69) is 0 Å². The van der Waals surface area contributed by atoms with Crippen molar-refractivity contribution in [3.8, 4) is 0 Å². The highest BCUT2D eigenvalue weighted by Gasteiger charge is 2.38. The Morgan fingerprint density at radius 3 is 2.42 bits per heavy atom. The Balaban J connectivity index is 1.86. The summed E-state index contributed by atoms with van der Waals surface area (Å²) in [6.45, 7) is 0.985. The van der Waals surface area contributed by atoms with Crippen LogP contribution in [0.3, 0.4) is 0 Å². The standard InChI is InChI=1S/C20H23N3O3/c1-26-19(24)12-11-18-14-22(16-9-7-15(13-21)8-10-16)20(25)23(18)17-5-3-2-4-6-17/h2-10,18H,11-14,21H2,1H3. The Hall–Kier alpha value is -2.86. The molecule has 6 nitrogen and oxygen atoms in total. The van der Waals surface area contributed by atoms with E-state index in [1.54, 1.807) is 9.80 Å². The van der Waals surface area contributed by atoms with E-state index >= 15 is 0 Å². The fraction of sp³-hybridized carbons (Fsp3) is 0.300. The number of hydrogen-bond acceptors (Lipinski definition) is 4. The van der Waals surface area contributed by atoms with Gasteiger partial charge in [0, 0.05) is 30.9 Å². The zero-order valence-electron chi connectivity index (χ0n) is 14.8. The molecular weight excluding hydrogens is 330 g/mol. The Morgan fingerprint density at radius 1 is 1.12 bits per heavy atom. The van der Waals surface area contributed by atoms with Gasteiger partial charge in [0.15, 0.2) is 0 Å². The van der Waals surface area contributed by atoms with Crippen molar-refractivity contribution in [2.75, 3.05) is 23.5 Å². The number of amides is 2. The van der Waals surface area contributed by atoms with Crippen LogP contribution in [0.4, 0.5) is 16.2 Å². The summed E-state index contributed by atoms with van der Waals surface area (Å²) in [6.07, 6.45) is 0.822. The maximum Gasteiger partial charge on any atom is 0.329 e. The summed E-state index contributed by atoms with van der Waals surface area (Å²) in [4.78, 5) is 28.2. The molecule has 0 aliphatic carbocycles. The number of esters is 1. The van der Waals surface area contributed by atoms with Crippen LogP contribution in [0.2, 0.25) is 0 Å². The summed E-state index contributed by atoms with van der Waals surface area (Å²) in [6, 6.07) is 17.0. The van der Waals surface area contributed by atoms with Gasteiger partial charge in [-0.2, -0.15) is 0 Å². The number of ether oxygens (including phenoxy) is 1. The van der Waals surface area contributed by atoms with Gasteiger partial charge in [-0.25, -0.2) is 4.79 Å². The first-order valence-electron chi connectivity index (χ1n) is 8.65. The predicted molar refractivity (Wildman–Crippen MR) is 101 cm³/mol. The molecule has 1 heterocycles. The van der Waals surface area contributed by atoms with Gasteiger partial charge >= 0.3 is 12.0 Å². The number of nitrogens with two attached hydrogens (primary N) is 1. The van der Waals surface area contributed by atoms with Gasteiger partial charge in [-0.3, -0.25) is 14.6 Å². The van der Waals surface area contributed by atoms with Crippen LogP contribution in [0.15, 0.2) is 54.6 Å². The largest absolute Gasteiger partial charge is 0.469 e. The molecule has 1 unspecified atom stereocenters. The summed E-state index contributed by atoms with van der Waals surface area (Å²) in [7, 11) is 1.38. The molecule has 6 heteroatoms. The molecule has 0 bridgehead atoms. The number of rotatable bonds is 6. The third kappa shape index (κ3) is 3.70. The van der Waals surface area contributed by atoms with E-state index in [4.69, 9.17) is 10.5 Å². The van der Waals surface area contributed by atoms with Crippen molar-refractivity contribution >= 4 is 23.4 Å². The van der Waals surface area contributed by atoms with E-state index < -0.39 is 0 Å². The minimum Gasteiger partial charge on any atom is -0.469 e. The normalized spacial score (nSPS) is 16.8. The van der Waals surface area contributed by atoms with Gasteiger partial charge in [0.05, 0.1) is 13.2 Å². The fourth-order valence-corrected chi connectivity index (χ4v) is 3.20. The molecule has 1 atom stereocenters. The van der Waals surface area contributed by atoms with Crippen LogP contribution in [0.5, 0.6) is 0 Å². The third-order valence-corrected chi connectivity index (χ3v) is 4.62. The number of hydrogen-bond donors (Lipinski definition) is 1. The van der Waals surface area contributed by atoms with E-state index in [-0.39, 0.29) is 24.5 Å². The Kier molecular flexibility index (Phi) is 5.53. The number of para-hydroxylation sites is 1. The first-order valence-corrected chi connectivity index (χ1v) is 8.65. The van der Waals surface area contributed by atoms with Gasteiger partial charge < -0.3 is 10.5 Å². The Labute approximate surface area is 153 Å². The van der Waals surface area contributed by atoms with Gasteiger partial charge in [0.1, 0.15) is 0 Å². The van der Waals surface area contributed by atoms with Gasteiger partial charge in [0.2, 0.25) is 0 Å². The fourth-order valence-electron chi connectivity index (χ4n) is 3.20. The average molecular weight is 353 g/mol.